The maximum atomic E-state index is 13.0. The number of nitrogens with zero attached hydrogens (tertiary/aromatic N) is 2. The summed E-state index contributed by atoms with van der Waals surface area (Å²) in [6, 6.07) is 15.5. The van der Waals surface area contributed by atoms with Crippen LogP contribution in [-0.4, -0.2) is 21.3 Å². The molecule has 0 amide bonds. The van der Waals surface area contributed by atoms with Crippen molar-refractivity contribution < 1.29 is 5.11 Å². The number of hydrogen-bond acceptors (Lipinski definition) is 5. The molecule has 2 aromatic carbocycles. The van der Waals surface area contributed by atoms with Crippen LogP contribution >= 0.6 is 34.7 Å². The Morgan fingerprint density at radius 3 is 2.73 bits per heavy atom. The number of thiophene rings is 1. The first kappa shape index (κ1) is 17.5. The van der Waals surface area contributed by atoms with E-state index >= 15 is 0 Å². The summed E-state index contributed by atoms with van der Waals surface area (Å²) in [6.45, 7) is 0.110. The maximum absolute atomic E-state index is 13.0. The second kappa shape index (κ2) is 7.40. The summed E-state index contributed by atoms with van der Waals surface area (Å²) in [5.41, 5.74) is 1.61. The van der Waals surface area contributed by atoms with Crippen LogP contribution in [0.25, 0.3) is 20.3 Å². The monoisotopic (exact) mass is 402 g/mol. The third-order valence-electron chi connectivity index (χ3n) is 4.09. The van der Waals surface area contributed by atoms with Crippen molar-refractivity contribution in [2.24, 2.45) is 0 Å². The molecule has 0 radical (unpaired) electrons. The van der Waals surface area contributed by atoms with E-state index in [1.807, 2.05) is 48.5 Å². The molecule has 0 bridgehead atoms. The molecule has 26 heavy (non-hydrogen) atoms. The van der Waals surface area contributed by atoms with E-state index in [1.165, 1.54) is 23.1 Å². The topological polar surface area (TPSA) is 55.1 Å². The quantitative estimate of drug-likeness (QED) is 0.393. The number of thioether (sulfide) groups is 1. The molecule has 0 aliphatic heterocycles. The van der Waals surface area contributed by atoms with Crippen molar-refractivity contribution in [3.63, 3.8) is 0 Å². The smallest absolute Gasteiger partial charge is 0.272 e. The molecular formula is C19H15ClN2O2S2. The SMILES string of the molecule is O=c1c2sc3ccccc3c2nc(SCc2ccccc2Cl)n1CCO. The van der Waals surface area contributed by atoms with Gasteiger partial charge in [0.1, 0.15) is 4.70 Å². The predicted molar refractivity (Wildman–Crippen MR) is 109 cm³/mol. The Hall–Kier alpha value is -1.86. The first-order valence-electron chi connectivity index (χ1n) is 8.08. The van der Waals surface area contributed by atoms with Gasteiger partial charge in [-0.05, 0) is 17.7 Å². The Labute approximate surface area is 163 Å². The second-order valence-corrected chi connectivity index (χ2v) is 8.13. The highest BCUT2D eigenvalue weighted by Gasteiger charge is 2.16. The number of aliphatic hydroxyl groups is 1. The van der Waals surface area contributed by atoms with Crippen LogP contribution < -0.4 is 5.56 Å². The normalized spacial score (nSPS) is 11.5. The molecule has 0 aliphatic carbocycles. The first-order chi connectivity index (χ1) is 12.7. The molecule has 1 N–H and O–H groups in total. The lowest BCUT2D eigenvalue weighted by Crippen LogP contribution is -2.24. The first-order valence-corrected chi connectivity index (χ1v) is 10.3. The van der Waals surface area contributed by atoms with Gasteiger partial charge in [-0.3, -0.25) is 9.36 Å². The van der Waals surface area contributed by atoms with E-state index in [4.69, 9.17) is 16.6 Å². The van der Waals surface area contributed by atoms with Crippen LogP contribution in [0.15, 0.2) is 58.5 Å². The van der Waals surface area contributed by atoms with Crippen LogP contribution in [0.1, 0.15) is 5.56 Å². The lowest BCUT2D eigenvalue weighted by Gasteiger charge is -2.11. The fourth-order valence-corrected chi connectivity index (χ4v) is 5.21. The zero-order chi connectivity index (χ0) is 18.1. The van der Waals surface area contributed by atoms with E-state index < -0.39 is 0 Å². The summed E-state index contributed by atoms with van der Waals surface area (Å²) in [4.78, 5) is 17.7. The largest absolute Gasteiger partial charge is 0.395 e. The van der Waals surface area contributed by atoms with Gasteiger partial charge in [-0.25, -0.2) is 4.98 Å². The molecular weight excluding hydrogens is 388 g/mol. The number of rotatable bonds is 5. The Morgan fingerprint density at radius 1 is 1.15 bits per heavy atom. The van der Waals surface area contributed by atoms with Gasteiger partial charge in [0.25, 0.3) is 5.56 Å². The minimum Gasteiger partial charge on any atom is -0.395 e. The molecule has 4 aromatic rings. The van der Waals surface area contributed by atoms with Crippen LogP contribution in [0.5, 0.6) is 0 Å². The zero-order valence-electron chi connectivity index (χ0n) is 13.7. The highest BCUT2D eigenvalue weighted by molar-refractivity contribution is 7.98. The highest BCUT2D eigenvalue weighted by Crippen LogP contribution is 2.32. The van der Waals surface area contributed by atoms with Crippen molar-refractivity contribution in [3.8, 4) is 0 Å². The van der Waals surface area contributed by atoms with Crippen LogP contribution in [0.2, 0.25) is 5.02 Å². The molecule has 4 rings (SSSR count). The minimum atomic E-state index is -0.113. The van der Waals surface area contributed by atoms with Gasteiger partial charge in [0.05, 0.1) is 18.7 Å². The van der Waals surface area contributed by atoms with Crippen LogP contribution in [0.3, 0.4) is 0 Å². The minimum absolute atomic E-state index is 0.105. The van der Waals surface area contributed by atoms with Gasteiger partial charge in [-0.2, -0.15) is 0 Å². The average Bonchev–Trinajstić information content (AvgIpc) is 3.03. The van der Waals surface area contributed by atoms with Crippen molar-refractivity contribution in [1.82, 2.24) is 9.55 Å². The summed E-state index contributed by atoms with van der Waals surface area (Å²) in [7, 11) is 0. The number of aliphatic hydroxyl groups excluding tert-OH is 1. The fraction of sp³-hybridized carbons (Fsp3) is 0.158. The number of halogens is 1. The molecule has 0 aliphatic rings. The van der Waals surface area contributed by atoms with Gasteiger partial charge in [-0.15, -0.1) is 11.3 Å². The van der Waals surface area contributed by atoms with Gasteiger partial charge < -0.3 is 5.11 Å². The van der Waals surface area contributed by atoms with E-state index in [9.17, 15) is 9.90 Å². The lowest BCUT2D eigenvalue weighted by atomic mass is 10.2. The molecule has 0 saturated carbocycles. The highest BCUT2D eigenvalue weighted by atomic mass is 35.5. The second-order valence-electron chi connectivity index (χ2n) is 5.73. The van der Waals surface area contributed by atoms with Crippen molar-refractivity contribution in [1.29, 1.82) is 0 Å². The summed E-state index contributed by atoms with van der Waals surface area (Å²) in [5, 5.41) is 11.7. The van der Waals surface area contributed by atoms with E-state index in [2.05, 4.69) is 0 Å². The van der Waals surface area contributed by atoms with Gasteiger partial charge >= 0.3 is 0 Å². The molecule has 4 nitrogen and oxygen atoms in total. The van der Waals surface area contributed by atoms with Crippen LogP contribution in [0, 0.1) is 0 Å². The molecule has 0 saturated heterocycles. The summed E-state index contributed by atoms with van der Waals surface area (Å²) >= 11 is 9.14. The summed E-state index contributed by atoms with van der Waals surface area (Å²) in [6.07, 6.45) is 0. The molecule has 0 spiro atoms. The van der Waals surface area contributed by atoms with Gasteiger partial charge in [0, 0.05) is 20.9 Å². The third kappa shape index (κ3) is 3.14. The van der Waals surface area contributed by atoms with Gasteiger partial charge in [-0.1, -0.05) is 59.8 Å². The predicted octanol–water partition coefficient (Wildman–Crippen LogP) is 4.55. The van der Waals surface area contributed by atoms with E-state index in [1.54, 1.807) is 4.57 Å². The van der Waals surface area contributed by atoms with Crippen molar-refractivity contribution >= 4 is 55.0 Å². The Bertz CT molecular complexity index is 1150. The summed E-state index contributed by atoms with van der Waals surface area (Å²) < 4.78 is 3.22. The molecule has 0 fully saturated rings. The number of fused-ring (bicyclic) bond motifs is 3. The van der Waals surface area contributed by atoms with Gasteiger partial charge in [0.15, 0.2) is 5.16 Å². The number of hydrogen-bond donors (Lipinski definition) is 1. The average molecular weight is 403 g/mol. The molecule has 2 heterocycles. The van der Waals surface area contributed by atoms with Crippen molar-refractivity contribution in [2.75, 3.05) is 6.61 Å². The van der Waals surface area contributed by atoms with Crippen LogP contribution in [-0.2, 0) is 12.3 Å². The lowest BCUT2D eigenvalue weighted by molar-refractivity contribution is 0.268. The third-order valence-corrected chi connectivity index (χ3v) is 6.63. The number of benzene rings is 2. The Morgan fingerprint density at radius 2 is 1.92 bits per heavy atom. The standard InChI is InChI=1S/C19H15ClN2O2S2/c20-14-7-3-1-5-12(14)11-25-19-21-16-13-6-2-4-8-15(13)26-17(16)18(24)22(19)9-10-23/h1-8,23H,9-11H2. The Kier molecular flexibility index (Phi) is 5.00. The molecule has 2 aromatic heterocycles. The maximum Gasteiger partial charge on any atom is 0.272 e. The molecule has 0 unspecified atom stereocenters. The Balaban J connectivity index is 1.83. The van der Waals surface area contributed by atoms with Crippen LogP contribution in [0.4, 0.5) is 0 Å². The van der Waals surface area contributed by atoms with Crippen molar-refractivity contribution in [2.45, 2.75) is 17.5 Å². The van der Waals surface area contributed by atoms with E-state index in [0.29, 0.717) is 20.6 Å². The zero-order valence-corrected chi connectivity index (χ0v) is 16.1. The van der Waals surface area contributed by atoms with Gasteiger partial charge in [0.2, 0.25) is 0 Å². The van der Waals surface area contributed by atoms with E-state index in [0.717, 1.165) is 21.2 Å². The number of aromatic nitrogens is 2. The summed E-state index contributed by atoms with van der Waals surface area (Å²) in [5.74, 6) is 0.602. The molecule has 7 heteroatoms. The van der Waals surface area contributed by atoms with E-state index in [-0.39, 0.29) is 18.7 Å². The van der Waals surface area contributed by atoms with Crippen molar-refractivity contribution in [3.05, 3.63) is 69.5 Å². The molecule has 132 valence electrons. The fourth-order valence-electron chi connectivity index (χ4n) is 2.82. The molecule has 0 atom stereocenters.